The molecule has 0 fully saturated rings. The molecule has 0 heterocycles. The van der Waals surface area contributed by atoms with Crippen molar-refractivity contribution in [1.29, 1.82) is 0 Å². The number of benzene rings is 2. The Bertz CT molecular complexity index is 668. The Balaban J connectivity index is 2.43. The molecule has 0 aliphatic heterocycles. The van der Waals surface area contributed by atoms with E-state index in [0.29, 0.717) is 0 Å². The lowest BCUT2D eigenvalue weighted by atomic mass is 9.79. The number of phenols is 3. The van der Waals surface area contributed by atoms with E-state index in [4.69, 9.17) is 15.2 Å². The molecule has 0 radical (unpaired) electrons. The standard InChI is InChI=1S/C13H11BO6/c15-8-2-4-10(12(17)6-8)13(18)9-3-1-7(14(19)20)5-11(9)16/h1-6,15-17,19-20H. The fourth-order valence-corrected chi connectivity index (χ4v) is 1.76. The molecule has 0 atom stereocenters. The van der Waals surface area contributed by atoms with Crippen molar-refractivity contribution in [1.82, 2.24) is 0 Å². The second kappa shape index (κ2) is 5.24. The number of phenolic OH excluding ortho intramolecular Hbond substituents is 3. The van der Waals surface area contributed by atoms with Crippen LogP contribution >= 0.6 is 0 Å². The van der Waals surface area contributed by atoms with Crippen LogP contribution in [0.15, 0.2) is 36.4 Å². The van der Waals surface area contributed by atoms with Crippen molar-refractivity contribution in [3.8, 4) is 17.2 Å². The topological polar surface area (TPSA) is 118 Å². The molecule has 20 heavy (non-hydrogen) atoms. The van der Waals surface area contributed by atoms with Gasteiger partial charge in [0.25, 0.3) is 0 Å². The Kier molecular flexibility index (Phi) is 3.65. The van der Waals surface area contributed by atoms with Crippen LogP contribution in [0.4, 0.5) is 0 Å². The molecule has 2 aromatic rings. The van der Waals surface area contributed by atoms with E-state index < -0.39 is 24.4 Å². The molecule has 5 N–H and O–H groups in total. The fourth-order valence-electron chi connectivity index (χ4n) is 1.76. The Morgan fingerprint density at radius 2 is 1.40 bits per heavy atom. The third kappa shape index (κ3) is 2.58. The predicted molar refractivity (Wildman–Crippen MR) is 71.1 cm³/mol. The van der Waals surface area contributed by atoms with Gasteiger partial charge in [0, 0.05) is 6.07 Å². The van der Waals surface area contributed by atoms with Gasteiger partial charge in [0.2, 0.25) is 0 Å². The smallest absolute Gasteiger partial charge is 0.488 e. The number of aromatic hydroxyl groups is 3. The first-order valence-corrected chi connectivity index (χ1v) is 5.66. The summed E-state index contributed by atoms with van der Waals surface area (Å²) in [6.07, 6.45) is 0. The van der Waals surface area contributed by atoms with Crippen molar-refractivity contribution in [2.45, 2.75) is 0 Å². The molecule has 0 unspecified atom stereocenters. The molecule has 0 aromatic heterocycles. The van der Waals surface area contributed by atoms with Crippen LogP contribution in [0.2, 0.25) is 0 Å². The van der Waals surface area contributed by atoms with Crippen LogP contribution in [-0.2, 0) is 0 Å². The zero-order valence-electron chi connectivity index (χ0n) is 10.2. The summed E-state index contributed by atoms with van der Waals surface area (Å²) >= 11 is 0. The molecule has 0 bridgehead atoms. The fraction of sp³-hybridized carbons (Fsp3) is 0. The predicted octanol–water partition coefficient (Wildman–Crippen LogP) is -0.286. The van der Waals surface area contributed by atoms with Gasteiger partial charge < -0.3 is 25.4 Å². The Morgan fingerprint density at radius 1 is 0.850 bits per heavy atom. The summed E-state index contributed by atoms with van der Waals surface area (Å²) in [5, 5.41) is 46.4. The van der Waals surface area contributed by atoms with E-state index in [1.807, 2.05) is 0 Å². The van der Waals surface area contributed by atoms with Gasteiger partial charge >= 0.3 is 7.12 Å². The van der Waals surface area contributed by atoms with Crippen LogP contribution in [0.3, 0.4) is 0 Å². The minimum Gasteiger partial charge on any atom is -0.508 e. The van der Waals surface area contributed by atoms with Crippen LogP contribution in [0, 0.1) is 0 Å². The second-order valence-electron chi connectivity index (χ2n) is 4.18. The van der Waals surface area contributed by atoms with Crippen molar-refractivity contribution in [3.63, 3.8) is 0 Å². The average Bonchev–Trinajstić information content (AvgIpc) is 2.37. The number of rotatable bonds is 3. The van der Waals surface area contributed by atoms with Crippen LogP contribution in [0.5, 0.6) is 17.2 Å². The van der Waals surface area contributed by atoms with Crippen LogP contribution in [0.25, 0.3) is 0 Å². The number of hydrogen-bond acceptors (Lipinski definition) is 6. The molecule has 7 heteroatoms. The maximum atomic E-state index is 12.2. The minimum atomic E-state index is -1.76. The highest BCUT2D eigenvalue weighted by Crippen LogP contribution is 2.27. The second-order valence-corrected chi connectivity index (χ2v) is 4.18. The minimum absolute atomic E-state index is 0.0361. The van der Waals surface area contributed by atoms with Crippen molar-refractivity contribution in [2.24, 2.45) is 0 Å². The van der Waals surface area contributed by atoms with Crippen molar-refractivity contribution >= 4 is 18.4 Å². The molecule has 0 saturated carbocycles. The van der Waals surface area contributed by atoms with Gasteiger partial charge in [-0.1, -0.05) is 6.07 Å². The summed E-state index contributed by atoms with van der Waals surface area (Å²) in [7, 11) is -1.76. The highest BCUT2D eigenvalue weighted by atomic mass is 16.4. The molecule has 0 aliphatic rings. The molecule has 6 nitrogen and oxygen atoms in total. The van der Waals surface area contributed by atoms with Gasteiger partial charge in [-0.2, -0.15) is 0 Å². The van der Waals surface area contributed by atoms with Crippen LogP contribution < -0.4 is 5.46 Å². The number of carbonyl (C=O) groups is 1. The number of hydrogen-bond donors (Lipinski definition) is 5. The Morgan fingerprint density at radius 3 is 1.90 bits per heavy atom. The van der Waals surface area contributed by atoms with Crippen molar-refractivity contribution in [3.05, 3.63) is 47.5 Å². The van der Waals surface area contributed by atoms with Gasteiger partial charge in [0.05, 0.1) is 11.1 Å². The lowest BCUT2D eigenvalue weighted by Gasteiger charge is -2.08. The van der Waals surface area contributed by atoms with E-state index in [2.05, 4.69) is 0 Å². The van der Waals surface area contributed by atoms with E-state index >= 15 is 0 Å². The highest BCUT2D eigenvalue weighted by molar-refractivity contribution is 6.58. The van der Waals surface area contributed by atoms with E-state index in [-0.39, 0.29) is 22.3 Å². The van der Waals surface area contributed by atoms with Crippen molar-refractivity contribution < 1.29 is 30.2 Å². The molecule has 102 valence electrons. The summed E-state index contributed by atoms with van der Waals surface area (Å²) in [5.41, 5.74) is -0.153. The van der Waals surface area contributed by atoms with Gasteiger partial charge in [-0.15, -0.1) is 0 Å². The van der Waals surface area contributed by atoms with Gasteiger partial charge in [-0.05, 0) is 29.7 Å². The molecule has 0 spiro atoms. The summed E-state index contributed by atoms with van der Waals surface area (Å²) in [6.45, 7) is 0. The summed E-state index contributed by atoms with van der Waals surface area (Å²) in [6, 6.07) is 7.01. The first-order valence-electron chi connectivity index (χ1n) is 5.66. The van der Waals surface area contributed by atoms with E-state index in [9.17, 15) is 15.0 Å². The maximum Gasteiger partial charge on any atom is 0.488 e. The summed E-state index contributed by atoms with van der Waals surface area (Å²) < 4.78 is 0. The first kappa shape index (κ1) is 13.9. The van der Waals surface area contributed by atoms with Crippen LogP contribution in [0.1, 0.15) is 15.9 Å². The summed E-state index contributed by atoms with van der Waals surface area (Å²) in [4.78, 5) is 12.2. The largest absolute Gasteiger partial charge is 0.508 e. The molecule has 2 rings (SSSR count). The molecule has 2 aromatic carbocycles. The number of carbonyl (C=O) groups excluding carboxylic acids is 1. The Labute approximate surface area is 114 Å². The molecular weight excluding hydrogens is 263 g/mol. The van der Waals surface area contributed by atoms with E-state index in [1.54, 1.807) is 0 Å². The van der Waals surface area contributed by atoms with Gasteiger partial charge in [-0.25, -0.2) is 0 Å². The zero-order valence-corrected chi connectivity index (χ0v) is 10.2. The highest BCUT2D eigenvalue weighted by Gasteiger charge is 2.20. The maximum absolute atomic E-state index is 12.2. The lowest BCUT2D eigenvalue weighted by molar-refractivity contribution is 0.103. The molecular formula is C13H11BO6. The average molecular weight is 274 g/mol. The molecule has 0 saturated heterocycles. The molecule has 0 aliphatic carbocycles. The first-order chi connectivity index (χ1) is 9.40. The van der Waals surface area contributed by atoms with Gasteiger partial charge in [-0.3, -0.25) is 4.79 Å². The lowest BCUT2D eigenvalue weighted by Crippen LogP contribution is -2.29. The molecule has 0 amide bonds. The van der Waals surface area contributed by atoms with Gasteiger partial charge in [0.15, 0.2) is 5.78 Å². The van der Waals surface area contributed by atoms with E-state index in [1.165, 1.54) is 24.3 Å². The van der Waals surface area contributed by atoms with Crippen LogP contribution in [-0.4, -0.2) is 38.3 Å². The monoisotopic (exact) mass is 274 g/mol. The quantitative estimate of drug-likeness (QED) is 0.388. The number of ketones is 1. The van der Waals surface area contributed by atoms with Gasteiger partial charge in [0.1, 0.15) is 17.2 Å². The third-order valence-electron chi connectivity index (χ3n) is 2.79. The normalized spacial score (nSPS) is 10.3. The third-order valence-corrected chi connectivity index (χ3v) is 2.79. The van der Waals surface area contributed by atoms with E-state index in [0.717, 1.165) is 12.1 Å². The van der Waals surface area contributed by atoms with Crippen molar-refractivity contribution in [2.75, 3.05) is 0 Å². The SMILES string of the molecule is O=C(c1ccc(O)cc1O)c1ccc(B(O)O)cc1O. The zero-order chi connectivity index (χ0) is 14.9. The Hall–Kier alpha value is -2.51. The summed E-state index contributed by atoms with van der Waals surface area (Å²) in [5.74, 6) is -1.70.